The Balaban J connectivity index is 2.08. The Morgan fingerprint density at radius 2 is 1.79 bits per heavy atom. The Kier molecular flexibility index (Phi) is 5.46. The summed E-state index contributed by atoms with van der Waals surface area (Å²) in [5, 5.41) is 4.27. The second-order valence-electron chi connectivity index (χ2n) is 5.72. The number of halogens is 4. The van der Waals surface area contributed by atoms with E-state index in [-0.39, 0.29) is 5.69 Å². The fourth-order valence-electron chi connectivity index (χ4n) is 2.65. The summed E-state index contributed by atoms with van der Waals surface area (Å²) >= 11 is 3.23. The van der Waals surface area contributed by atoms with E-state index in [2.05, 4.69) is 21.0 Å². The van der Waals surface area contributed by atoms with Gasteiger partial charge in [-0.1, -0.05) is 28.1 Å². The highest BCUT2D eigenvalue weighted by atomic mass is 79.9. The Morgan fingerprint density at radius 3 is 2.39 bits per heavy atom. The van der Waals surface area contributed by atoms with E-state index in [1.165, 1.54) is 38.5 Å². The number of carbonyl (C=O) groups excluding carboxylic acids is 1. The summed E-state index contributed by atoms with van der Waals surface area (Å²) in [6.45, 7) is 0. The number of rotatable bonds is 4. The van der Waals surface area contributed by atoms with Crippen molar-refractivity contribution in [3.63, 3.8) is 0 Å². The summed E-state index contributed by atoms with van der Waals surface area (Å²) in [5.41, 5.74) is -1.25. The summed E-state index contributed by atoms with van der Waals surface area (Å²) in [4.78, 5) is 12.7. The van der Waals surface area contributed by atoms with E-state index < -0.39 is 23.4 Å². The third kappa shape index (κ3) is 3.89. The van der Waals surface area contributed by atoms with Crippen LogP contribution in [0.2, 0.25) is 0 Å². The van der Waals surface area contributed by atoms with Crippen molar-refractivity contribution in [3.8, 4) is 11.5 Å². The Morgan fingerprint density at radius 1 is 1.07 bits per heavy atom. The monoisotopic (exact) mass is 454 g/mol. The van der Waals surface area contributed by atoms with Gasteiger partial charge < -0.3 is 9.47 Å². The van der Waals surface area contributed by atoms with Gasteiger partial charge in [0.2, 0.25) is 0 Å². The maximum Gasteiger partial charge on any atom is 0.435 e. The molecule has 28 heavy (non-hydrogen) atoms. The van der Waals surface area contributed by atoms with Gasteiger partial charge in [-0.3, -0.25) is 4.79 Å². The van der Waals surface area contributed by atoms with Crippen LogP contribution in [0.5, 0.6) is 11.5 Å². The van der Waals surface area contributed by atoms with Crippen LogP contribution in [0.15, 0.2) is 57.6 Å². The number of hydrogen-bond donors (Lipinski definition) is 0. The summed E-state index contributed by atoms with van der Waals surface area (Å²) < 4.78 is 51.4. The van der Waals surface area contributed by atoms with Crippen LogP contribution < -0.4 is 14.5 Å². The molecule has 146 valence electrons. The van der Waals surface area contributed by atoms with Gasteiger partial charge in [0.1, 0.15) is 0 Å². The molecule has 0 fully saturated rings. The second-order valence-corrected chi connectivity index (χ2v) is 6.63. The van der Waals surface area contributed by atoms with Gasteiger partial charge in [0, 0.05) is 4.47 Å². The number of amides is 1. The lowest BCUT2D eigenvalue weighted by Crippen LogP contribution is -2.25. The van der Waals surface area contributed by atoms with Gasteiger partial charge in [-0.15, -0.1) is 0 Å². The smallest absolute Gasteiger partial charge is 0.435 e. The fourth-order valence-corrected chi connectivity index (χ4v) is 3.03. The second kappa shape index (κ2) is 7.67. The predicted molar refractivity (Wildman–Crippen MR) is 103 cm³/mol. The van der Waals surface area contributed by atoms with Crippen LogP contribution in [-0.4, -0.2) is 32.0 Å². The first kappa shape index (κ1) is 19.9. The largest absolute Gasteiger partial charge is 0.493 e. The van der Waals surface area contributed by atoms with Gasteiger partial charge in [0.15, 0.2) is 17.2 Å². The number of benzene rings is 2. The number of alkyl halides is 3. The maximum absolute atomic E-state index is 13.5. The molecule has 2 aromatic carbocycles. The summed E-state index contributed by atoms with van der Waals surface area (Å²) in [7, 11) is 2.86. The van der Waals surface area contributed by atoms with Gasteiger partial charge in [-0.2, -0.15) is 23.3 Å². The molecule has 0 spiro atoms. The fraction of sp³-hybridized carbons (Fsp3) is 0.158. The average molecular weight is 455 g/mol. The maximum atomic E-state index is 13.5. The van der Waals surface area contributed by atoms with E-state index in [0.717, 1.165) is 11.1 Å². The van der Waals surface area contributed by atoms with Crippen molar-refractivity contribution >= 4 is 39.3 Å². The zero-order valence-electron chi connectivity index (χ0n) is 14.7. The highest BCUT2D eigenvalue weighted by Crippen LogP contribution is 2.34. The zero-order chi connectivity index (χ0) is 20.5. The van der Waals surface area contributed by atoms with E-state index in [0.29, 0.717) is 21.5 Å². The summed E-state index contributed by atoms with van der Waals surface area (Å²) in [6, 6.07) is 10.9. The molecule has 0 radical (unpaired) electrons. The molecule has 1 aliphatic rings. The number of hydrogen-bond acceptors (Lipinski definition) is 4. The minimum absolute atomic E-state index is 0.219. The summed E-state index contributed by atoms with van der Waals surface area (Å²) in [5.74, 6) is -0.125. The number of ether oxygens (including phenoxy) is 2. The minimum Gasteiger partial charge on any atom is -0.493 e. The van der Waals surface area contributed by atoms with Crippen molar-refractivity contribution in [1.82, 2.24) is 0 Å². The molecule has 0 aliphatic carbocycles. The number of nitrogens with zero attached hydrogens (tertiary/aromatic N) is 2. The standard InChI is InChI=1S/C19H14BrF3N2O3/c1-27-15-7-6-11(9-16(15)28-2)8-14-17(19(21,22)23)24-25(18(14)26)13-5-3-4-12(20)10-13/h3-10H,1-2H3/b14-8-. The first-order valence-corrected chi connectivity index (χ1v) is 8.74. The Bertz CT molecular complexity index is 987. The molecule has 1 amide bonds. The quantitative estimate of drug-likeness (QED) is 0.622. The molecule has 2 aromatic rings. The molecule has 1 heterocycles. The molecule has 5 nitrogen and oxygen atoms in total. The van der Waals surface area contributed by atoms with E-state index in [4.69, 9.17) is 9.47 Å². The van der Waals surface area contributed by atoms with Gasteiger partial charge >= 0.3 is 6.18 Å². The molecule has 0 saturated carbocycles. The molecule has 1 aliphatic heterocycles. The third-order valence-corrected chi connectivity index (χ3v) is 4.41. The summed E-state index contributed by atoms with van der Waals surface area (Å²) in [6.07, 6.45) is -3.66. The highest BCUT2D eigenvalue weighted by Gasteiger charge is 2.46. The van der Waals surface area contributed by atoms with Crippen molar-refractivity contribution in [2.45, 2.75) is 6.18 Å². The highest BCUT2D eigenvalue weighted by molar-refractivity contribution is 9.10. The minimum atomic E-state index is -4.79. The van der Waals surface area contributed by atoms with Gasteiger partial charge in [0.05, 0.1) is 25.5 Å². The number of hydrazone groups is 1. The van der Waals surface area contributed by atoms with Crippen LogP contribution in [0.1, 0.15) is 5.56 Å². The lowest BCUT2D eigenvalue weighted by Gasteiger charge is -2.12. The molecule has 0 saturated heterocycles. The van der Waals surface area contributed by atoms with Gasteiger partial charge in [-0.05, 0) is 42.0 Å². The molecule has 0 bridgehead atoms. The number of carbonyl (C=O) groups is 1. The van der Waals surface area contributed by atoms with Crippen molar-refractivity contribution in [2.75, 3.05) is 19.2 Å². The first-order chi connectivity index (χ1) is 13.2. The predicted octanol–water partition coefficient (Wildman–Crippen LogP) is 4.81. The van der Waals surface area contributed by atoms with Crippen LogP contribution in [0.3, 0.4) is 0 Å². The lowest BCUT2D eigenvalue weighted by molar-refractivity contribution is -0.114. The zero-order valence-corrected chi connectivity index (χ0v) is 16.3. The van der Waals surface area contributed by atoms with Crippen LogP contribution in [0.25, 0.3) is 6.08 Å². The first-order valence-electron chi connectivity index (χ1n) is 7.94. The number of methoxy groups -OCH3 is 2. The lowest BCUT2D eigenvalue weighted by atomic mass is 10.1. The molecular weight excluding hydrogens is 441 g/mol. The molecule has 0 unspecified atom stereocenters. The Labute approximate surface area is 167 Å². The third-order valence-electron chi connectivity index (χ3n) is 3.92. The van der Waals surface area contributed by atoms with Gasteiger partial charge in [-0.25, -0.2) is 0 Å². The van der Waals surface area contributed by atoms with E-state index >= 15 is 0 Å². The Hall–Kier alpha value is -2.81. The SMILES string of the molecule is COc1ccc(/C=C2\C(=O)N(c3cccc(Br)c3)N=C2C(F)(F)F)cc1OC. The molecule has 3 rings (SSSR count). The van der Waals surface area contributed by atoms with E-state index in [9.17, 15) is 18.0 Å². The molecule has 0 aromatic heterocycles. The van der Waals surface area contributed by atoms with E-state index in [1.54, 1.807) is 18.2 Å². The van der Waals surface area contributed by atoms with Crippen molar-refractivity contribution in [1.29, 1.82) is 0 Å². The topological polar surface area (TPSA) is 51.1 Å². The van der Waals surface area contributed by atoms with Gasteiger partial charge in [0.25, 0.3) is 5.91 Å². The molecule has 9 heteroatoms. The molecule has 0 atom stereocenters. The number of anilines is 1. The normalized spacial score (nSPS) is 15.8. The molecular formula is C19H14BrF3N2O3. The molecule has 0 N–H and O–H groups in total. The van der Waals surface area contributed by atoms with Crippen molar-refractivity contribution < 1.29 is 27.4 Å². The van der Waals surface area contributed by atoms with Crippen LogP contribution in [0.4, 0.5) is 18.9 Å². The average Bonchev–Trinajstić information content (AvgIpc) is 2.98. The van der Waals surface area contributed by atoms with Crippen molar-refractivity contribution in [2.24, 2.45) is 5.10 Å². The van der Waals surface area contributed by atoms with Crippen LogP contribution in [-0.2, 0) is 4.79 Å². The van der Waals surface area contributed by atoms with Crippen molar-refractivity contribution in [3.05, 3.63) is 58.1 Å². The van der Waals surface area contributed by atoms with Crippen LogP contribution >= 0.6 is 15.9 Å². The van der Waals surface area contributed by atoms with Crippen LogP contribution in [0, 0.1) is 0 Å². The van der Waals surface area contributed by atoms with E-state index in [1.807, 2.05) is 0 Å².